The number of hydrogen-bond donors (Lipinski definition) is 1. The van der Waals surface area contributed by atoms with Crippen LogP contribution >= 0.6 is 0 Å². The summed E-state index contributed by atoms with van der Waals surface area (Å²) in [5.41, 5.74) is 3.00. The van der Waals surface area contributed by atoms with Crippen molar-refractivity contribution in [2.75, 3.05) is 19.5 Å². The lowest BCUT2D eigenvalue weighted by Gasteiger charge is -2.16. The van der Waals surface area contributed by atoms with Crippen molar-refractivity contribution in [1.29, 1.82) is 0 Å². The maximum atomic E-state index is 11.7. The predicted octanol–water partition coefficient (Wildman–Crippen LogP) is 2.98. The van der Waals surface area contributed by atoms with Gasteiger partial charge in [0.05, 0.1) is 20.3 Å². The van der Waals surface area contributed by atoms with Crippen molar-refractivity contribution in [1.82, 2.24) is 4.98 Å². The molecule has 1 heterocycles. The Balaban J connectivity index is 1.83. The maximum absolute atomic E-state index is 11.7. The van der Waals surface area contributed by atoms with Crippen molar-refractivity contribution in [2.24, 2.45) is 0 Å². The first-order valence-corrected chi connectivity index (χ1v) is 7.20. The largest absolute Gasteiger partial charge is 0.480 e. The quantitative estimate of drug-likeness (QED) is 0.879. The number of nitrogens with one attached hydrogen (secondary N) is 1. The van der Waals surface area contributed by atoms with Gasteiger partial charge in [-0.25, -0.2) is 4.79 Å². The van der Waals surface area contributed by atoms with E-state index in [0.717, 1.165) is 12.8 Å². The van der Waals surface area contributed by atoms with Crippen molar-refractivity contribution >= 4 is 11.8 Å². The third-order valence-corrected chi connectivity index (χ3v) is 3.91. The Bertz CT molecular complexity index is 700. The lowest BCUT2D eigenvalue weighted by Crippen LogP contribution is -2.11. The van der Waals surface area contributed by atoms with Gasteiger partial charge in [0.25, 0.3) is 0 Å². The van der Waals surface area contributed by atoms with E-state index in [9.17, 15) is 4.79 Å². The minimum atomic E-state index is -0.456. The van der Waals surface area contributed by atoms with Crippen molar-refractivity contribution in [3.8, 4) is 5.88 Å². The van der Waals surface area contributed by atoms with Gasteiger partial charge >= 0.3 is 5.97 Å². The number of ether oxygens (including phenoxy) is 2. The van der Waals surface area contributed by atoms with E-state index in [1.807, 2.05) is 6.07 Å². The first-order chi connectivity index (χ1) is 10.7. The second-order valence-electron chi connectivity index (χ2n) is 5.18. The molecule has 0 amide bonds. The lowest BCUT2D eigenvalue weighted by atomic mass is 10.1. The molecule has 0 spiro atoms. The molecule has 1 N–H and O–H groups in total. The summed E-state index contributed by atoms with van der Waals surface area (Å²) < 4.78 is 9.91. The van der Waals surface area contributed by atoms with E-state index in [2.05, 4.69) is 28.5 Å². The van der Waals surface area contributed by atoms with E-state index in [4.69, 9.17) is 9.47 Å². The molecule has 2 aromatic rings. The first kappa shape index (κ1) is 14.4. The molecular formula is C17H18N2O3. The highest BCUT2D eigenvalue weighted by Gasteiger charge is 2.23. The molecule has 0 radical (unpaired) electrons. The molecular weight excluding hydrogens is 280 g/mol. The summed E-state index contributed by atoms with van der Waals surface area (Å²) in [6, 6.07) is 12.1. The molecule has 1 aromatic carbocycles. The molecule has 5 heteroatoms. The molecule has 0 saturated carbocycles. The SMILES string of the molecule is COC(=O)c1ccc(NC2CCc3ccccc32)nc1OC. The number of fused-ring (bicyclic) bond motifs is 1. The van der Waals surface area contributed by atoms with Crippen molar-refractivity contribution in [3.63, 3.8) is 0 Å². The molecule has 5 nitrogen and oxygen atoms in total. The van der Waals surface area contributed by atoms with Crippen molar-refractivity contribution < 1.29 is 14.3 Å². The van der Waals surface area contributed by atoms with E-state index < -0.39 is 5.97 Å². The second kappa shape index (κ2) is 6.05. The number of benzene rings is 1. The summed E-state index contributed by atoms with van der Waals surface area (Å²) in [5, 5.41) is 3.41. The number of methoxy groups -OCH3 is 2. The van der Waals surface area contributed by atoms with E-state index in [1.54, 1.807) is 12.1 Å². The standard InChI is InChI=1S/C17H18N2O3/c1-21-16-13(17(20)22-2)8-10-15(19-16)18-14-9-7-11-5-3-4-6-12(11)14/h3-6,8,10,14H,7,9H2,1-2H3,(H,18,19). The first-order valence-electron chi connectivity index (χ1n) is 7.20. The number of pyridine rings is 1. The van der Waals surface area contributed by atoms with Gasteiger partial charge < -0.3 is 14.8 Å². The summed E-state index contributed by atoms with van der Waals surface area (Å²) >= 11 is 0. The monoisotopic (exact) mass is 298 g/mol. The number of rotatable bonds is 4. The molecule has 114 valence electrons. The topological polar surface area (TPSA) is 60.5 Å². The highest BCUT2D eigenvalue weighted by molar-refractivity contribution is 5.92. The van der Waals surface area contributed by atoms with E-state index >= 15 is 0 Å². The molecule has 1 aromatic heterocycles. The van der Waals surface area contributed by atoms with E-state index in [-0.39, 0.29) is 11.9 Å². The van der Waals surface area contributed by atoms with Crippen LogP contribution in [-0.2, 0) is 11.2 Å². The van der Waals surface area contributed by atoms with Crippen LogP contribution in [0.1, 0.15) is 33.9 Å². The Kier molecular flexibility index (Phi) is 3.96. The maximum Gasteiger partial charge on any atom is 0.343 e. The number of aryl methyl sites for hydroxylation is 1. The van der Waals surface area contributed by atoms with Crippen LogP contribution in [0.3, 0.4) is 0 Å². The van der Waals surface area contributed by atoms with Gasteiger partial charge in [0.2, 0.25) is 5.88 Å². The Morgan fingerprint density at radius 1 is 1.23 bits per heavy atom. The van der Waals surface area contributed by atoms with Gasteiger partial charge in [0, 0.05) is 0 Å². The van der Waals surface area contributed by atoms with Crippen LogP contribution in [0, 0.1) is 0 Å². The summed E-state index contributed by atoms with van der Waals surface area (Å²) in [5.74, 6) is 0.497. The average Bonchev–Trinajstić information content (AvgIpc) is 2.97. The van der Waals surface area contributed by atoms with Gasteiger partial charge in [-0.2, -0.15) is 4.98 Å². The number of nitrogens with zero attached hydrogens (tertiary/aromatic N) is 1. The average molecular weight is 298 g/mol. The molecule has 1 aliphatic rings. The fraction of sp³-hybridized carbons (Fsp3) is 0.294. The summed E-state index contributed by atoms with van der Waals surface area (Å²) in [6.07, 6.45) is 2.09. The third kappa shape index (κ3) is 2.62. The van der Waals surface area contributed by atoms with Gasteiger partial charge in [0.15, 0.2) is 0 Å². The highest BCUT2D eigenvalue weighted by atomic mass is 16.5. The van der Waals surface area contributed by atoms with Crippen LogP contribution in [0.5, 0.6) is 5.88 Å². The number of anilines is 1. The van der Waals surface area contributed by atoms with Gasteiger partial charge in [-0.1, -0.05) is 24.3 Å². The number of carbonyl (C=O) groups excluding carboxylic acids is 1. The van der Waals surface area contributed by atoms with Gasteiger partial charge in [-0.15, -0.1) is 0 Å². The predicted molar refractivity (Wildman–Crippen MR) is 83.3 cm³/mol. The zero-order valence-electron chi connectivity index (χ0n) is 12.6. The zero-order valence-corrected chi connectivity index (χ0v) is 12.6. The van der Waals surface area contributed by atoms with Crippen LogP contribution in [0.15, 0.2) is 36.4 Å². The lowest BCUT2D eigenvalue weighted by molar-refractivity contribution is 0.0596. The smallest absolute Gasteiger partial charge is 0.343 e. The fourth-order valence-corrected chi connectivity index (χ4v) is 2.83. The van der Waals surface area contributed by atoms with Crippen LogP contribution in [-0.4, -0.2) is 25.2 Å². The summed E-state index contributed by atoms with van der Waals surface area (Å²) in [4.78, 5) is 16.0. The number of hydrogen-bond acceptors (Lipinski definition) is 5. The fourth-order valence-electron chi connectivity index (χ4n) is 2.83. The zero-order chi connectivity index (χ0) is 15.5. The minimum Gasteiger partial charge on any atom is -0.480 e. The second-order valence-corrected chi connectivity index (χ2v) is 5.18. The van der Waals surface area contributed by atoms with Gasteiger partial charge in [0.1, 0.15) is 11.4 Å². The van der Waals surface area contributed by atoms with E-state index in [0.29, 0.717) is 11.4 Å². The Morgan fingerprint density at radius 2 is 2.05 bits per heavy atom. The normalized spacial score (nSPS) is 16.0. The van der Waals surface area contributed by atoms with E-state index in [1.165, 1.54) is 25.3 Å². The Labute approximate surface area is 129 Å². The molecule has 1 unspecified atom stereocenters. The van der Waals surface area contributed by atoms with Gasteiger partial charge in [-0.3, -0.25) is 0 Å². The molecule has 22 heavy (non-hydrogen) atoms. The molecule has 3 rings (SSSR count). The summed E-state index contributed by atoms with van der Waals surface area (Å²) in [6.45, 7) is 0. The van der Waals surface area contributed by atoms with Crippen LogP contribution in [0.4, 0.5) is 5.82 Å². The number of esters is 1. The van der Waals surface area contributed by atoms with Crippen molar-refractivity contribution in [3.05, 3.63) is 53.1 Å². The Hall–Kier alpha value is -2.56. The molecule has 0 aliphatic heterocycles. The molecule has 1 aliphatic carbocycles. The Morgan fingerprint density at radius 3 is 2.82 bits per heavy atom. The van der Waals surface area contributed by atoms with Crippen LogP contribution < -0.4 is 10.1 Å². The molecule has 1 atom stereocenters. The summed E-state index contributed by atoms with van der Waals surface area (Å²) in [7, 11) is 2.83. The molecule has 0 bridgehead atoms. The van der Waals surface area contributed by atoms with Crippen LogP contribution in [0.2, 0.25) is 0 Å². The molecule has 0 fully saturated rings. The number of aromatic nitrogens is 1. The minimum absolute atomic E-state index is 0.234. The third-order valence-electron chi connectivity index (χ3n) is 3.91. The number of carbonyl (C=O) groups is 1. The highest BCUT2D eigenvalue weighted by Crippen LogP contribution is 2.33. The molecule has 0 saturated heterocycles. The van der Waals surface area contributed by atoms with Crippen LogP contribution in [0.25, 0.3) is 0 Å². The van der Waals surface area contributed by atoms with Crippen molar-refractivity contribution in [2.45, 2.75) is 18.9 Å². The van der Waals surface area contributed by atoms with Gasteiger partial charge in [-0.05, 0) is 36.1 Å².